The van der Waals surface area contributed by atoms with Crippen molar-refractivity contribution in [2.24, 2.45) is 5.73 Å². The van der Waals surface area contributed by atoms with Crippen molar-refractivity contribution in [2.45, 2.75) is 0 Å². The van der Waals surface area contributed by atoms with Crippen LogP contribution in [0.2, 0.25) is 0 Å². The van der Waals surface area contributed by atoms with Crippen molar-refractivity contribution >= 4 is 49.3 Å². The lowest BCUT2D eigenvalue weighted by molar-refractivity contribution is 0.100. The molecule has 0 aliphatic heterocycles. The van der Waals surface area contributed by atoms with Gasteiger partial charge in [0.1, 0.15) is 17.9 Å². The topological polar surface area (TPSA) is 121 Å². The molecule has 5 rings (SSSR count). The number of nitrogens with one attached hydrogen (secondary N) is 1. The molecule has 9 nitrogen and oxygen atoms in total. The van der Waals surface area contributed by atoms with Gasteiger partial charge in [0, 0.05) is 22.6 Å². The quantitative estimate of drug-likeness (QED) is 0.337. The summed E-state index contributed by atoms with van der Waals surface area (Å²) in [7, 11) is 4.76. The number of ether oxygens (including phenoxy) is 3. The summed E-state index contributed by atoms with van der Waals surface area (Å²) in [4.78, 5) is 25.1. The van der Waals surface area contributed by atoms with E-state index < -0.39 is 5.91 Å². The molecule has 3 aromatic carbocycles. The van der Waals surface area contributed by atoms with Crippen LogP contribution in [-0.4, -0.2) is 42.2 Å². The summed E-state index contributed by atoms with van der Waals surface area (Å²) in [5.41, 5.74) is 9.08. The summed E-state index contributed by atoms with van der Waals surface area (Å²) >= 11 is 1.48. The van der Waals surface area contributed by atoms with Crippen LogP contribution in [0.5, 0.6) is 17.2 Å². The number of carbonyl (C=O) groups excluding carboxylic acids is 1. The highest BCUT2D eigenvalue weighted by molar-refractivity contribution is 7.22. The van der Waals surface area contributed by atoms with Gasteiger partial charge in [-0.25, -0.2) is 15.0 Å². The number of aromatic nitrogens is 3. The van der Waals surface area contributed by atoms with Crippen LogP contribution in [0, 0.1) is 0 Å². The van der Waals surface area contributed by atoms with Gasteiger partial charge in [-0.15, -0.1) is 0 Å². The number of methoxy groups -OCH3 is 3. The van der Waals surface area contributed by atoms with Crippen LogP contribution >= 0.6 is 11.3 Å². The molecular formula is C25H21N5O4S. The number of nitrogens with zero attached hydrogens (tertiary/aromatic N) is 3. The fourth-order valence-electron chi connectivity index (χ4n) is 3.82. The van der Waals surface area contributed by atoms with Gasteiger partial charge in [0.15, 0.2) is 16.6 Å². The van der Waals surface area contributed by atoms with E-state index in [1.807, 2.05) is 24.3 Å². The number of nitrogens with two attached hydrogens (primary N) is 1. The number of hydrogen-bond donors (Lipinski definition) is 2. The van der Waals surface area contributed by atoms with Gasteiger partial charge in [-0.3, -0.25) is 4.79 Å². The van der Waals surface area contributed by atoms with Gasteiger partial charge in [-0.1, -0.05) is 17.4 Å². The van der Waals surface area contributed by atoms with Crippen molar-refractivity contribution < 1.29 is 19.0 Å². The van der Waals surface area contributed by atoms with Gasteiger partial charge >= 0.3 is 0 Å². The summed E-state index contributed by atoms with van der Waals surface area (Å²) in [6.45, 7) is 0. The molecule has 0 bridgehead atoms. The molecular weight excluding hydrogens is 466 g/mol. The van der Waals surface area contributed by atoms with Crippen LogP contribution in [-0.2, 0) is 0 Å². The zero-order chi connectivity index (χ0) is 24.5. The Morgan fingerprint density at radius 1 is 0.886 bits per heavy atom. The molecule has 0 radical (unpaired) electrons. The van der Waals surface area contributed by atoms with Gasteiger partial charge in [-0.05, 0) is 42.0 Å². The summed E-state index contributed by atoms with van der Waals surface area (Å²) in [6.07, 6.45) is 1.49. The number of primary amides is 1. The summed E-state index contributed by atoms with van der Waals surface area (Å²) in [5, 5.41) is 4.75. The van der Waals surface area contributed by atoms with Crippen molar-refractivity contribution in [3.63, 3.8) is 0 Å². The number of carbonyl (C=O) groups is 1. The normalized spacial score (nSPS) is 10.9. The lowest BCUT2D eigenvalue weighted by Crippen LogP contribution is -2.10. The van der Waals surface area contributed by atoms with Crippen molar-refractivity contribution in [2.75, 3.05) is 26.6 Å². The second-order valence-electron chi connectivity index (χ2n) is 7.55. The number of fused-ring (bicyclic) bond motifs is 2. The second-order valence-corrected chi connectivity index (χ2v) is 8.58. The van der Waals surface area contributed by atoms with Gasteiger partial charge < -0.3 is 25.3 Å². The molecule has 0 unspecified atom stereocenters. The van der Waals surface area contributed by atoms with Gasteiger partial charge in [0.2, 0.25) is 5.91 Å². The lowest BCUT2D eigenvalue weighted by Gasteiger charge is -2.11. The maximum absolute atomic E-state index is 11.7. The molecule has 2 heterocycles. The second kappa shape index (κ2) is 9.07. The summed E-state index contributed by atoms with van der Waals surface area (Å²) < 4.78 is 17.3. The molecule has 0 atom stereocenters. The first-order valence-electron chi connectivity index (χ1n) is 10.5. The fourth-order valence-corrected chi connectivity index (χ4v) is 4.72. The number of amides is 1. The highest BCUT2D eigenvalue weighted by atomic mass is 32.1. The van der Waals surface area contributed by atoms with E-state index in [-0.39, 0.29) is 0 Å². The Morgan fingerprint density at radius 3 is 2.40 bits per heavy atom. The van der Waals surface area contributed by atoms with E-state index in [0.29, 0.717) is 39.3 Å². The Balaban J connectivity index is 1.53. The minimum atomic E-state index is -0.495. The molecule has 0 aliphatic rings. The zero-order valence-corrected chi connectivity index (χ0v) is 20.0. The molecule has 0 aliphatic carbocycles. The Morgan fingerprint density at radius 2 is 1.66 bits per heavy atom. The first-order valence-corrected chi connectivity index (χ1v) is 11.3. The van der Waals surface area contributed by atoms with E-state index in [4.69, 9.17) is 24.9 Å². The van der Waals surface area contributed by atoms with Crippen LogP contribution in [0.25, 0.3) is 32.2 Å². The largest absolute Gasteiger partial charge is 0.496 e. The molecule has 0 saturated heterocycles. The molecule has 1 amide bonds. The highest BCUT2D eigenvalue weighted by Crippen LogP contribution is 2.38. The van der Waals surface area contributed by atoms with Gasteiger partial charge in [-0.2, -0.15) is 0 Å². The maximum atomic E-state index is 11.7. The zero-order valence-electron chi connectivity index (χ0n) is 19.2. The van der Waals surface area contributed by atoms with E-state index in [9.17, 15) is 4.79 Å². The van der Waals surface area contributed by atoms with Gasteiger partial charge in [0.25, 0.3) is 0 Å². The fraction of sp³-hybridized carbons (Fsp3) is 0.120. The molecule has 0 saturated carbocycles. The first kappa shape index (κ1) is 22.4. The molecule has 3 N–H and O–H groups in total. The molecule has 35 heavy (non-hydrogen) atoms. The van der Waals surface area contributed by atoms with Crippen molar-refractivity contribution in [1.82, 2.24) is 15.0 Å². The van der Waals surface area contributed by atoms with E-state index in [1.54, 1.807) is 45.6 Å². The first-order chi connectivity index (χ1) is 17.0. The Bertz CT molecular complexity index is 1580. The number of rotatable bonds is 7. The van der Waals surface area contributed by atoms with E-state index in [2.05, 4.69) is 15.3 Å². The smallest absolute Gasteiger partial charge is 0.248 e. The third-order valence-electron chi connectivity index (χ3n) is 5.55. The average Bonchev–Trinajstić information content (AvgIpc) is 3.29. The van der Waals surface area contributed by atoms with Crippen molar-refractivity contribution in [3.05, 3.63) is 60.4 Å². The number of hydrogen-bond acceptors (Lipinski definition) is 9. The van der Waals surface area contributed by atoms with Crippen LogP contribution in [0.15, 0.2) is 54.9 Å². The Kier molecular flexibility index (Phi) is 5.79. The Hall–Kier alpha value is -4.44. The van der Waals surface area contributed by atoms with Crippen LogP contribution in [0.1, 0.15) is 10.4 Å². The van der Waals surface area contributed by atoms with Crippen LogP contribution in [0.4, 0.5) is 10.9 Å². The maximum Gasteiger partial charge on any atom is 0.248 e. The average molecular weight is 488 g/mol. The standard InChI is InChI=1S/C25H21N5O4S/c1-32-19-7-5-14(23(26)31)8-15(19)13-4-6-17-22(9-13)35-25(29-17)30-24-16-10-20(33-2)21(34-3)11-18(16)27-12-28-24/h4-12H,1-3H3,(H2,26,31)(H,27,28,29,30). The van der Waals surface area contributed by atoms with E-state index >= 15 is 0 Å². The minimum absolute atomic E-state index is 0.412. The number of benzene rings is 3. The number of thiazole rings is 1. The van der Waals surface area contributed by atoms with Crippen molar-refractivity contribution in [1.29, 1.82) is 0 Å². The molecule has 2 aromatic heterocycles. The van der Waals surface area contributed by atoms with E-state index in [1.165, 1.54) is 17.7 Å². The number of anilines is 2. The monoisotopic (exact) mass is 487 g/mol. The predicted molar refractivity (Wildman–Crippen MR) is 136 cm³/mol. The molecule has 0 spiro atoms. The summed E-state index contributed by atoms with van der Waals surface area (Å²) in [5.74, 6) is 1.93. The molecule has 0 fully saturated rings. The Labute approximate surface area is 204 Å². The molecule has 5 aromatic rings. The third kappa shape index (κ3) is 4.15. The van der Waals surface area contributed by atoms with Crippen molar-refractivity contribution in [3.8, 4) is 28.4 Å². The van der Waals surface area contributed by atoms with Crippen LogP contribution < -0.4 is 25.3 Å². The predicted octanol–water partition coefficient (Wildman–Crippen LogP) is 4.77. The summed E-state index contributed by atoms with van der Waals surface area (Å²) in [6, 6.07) is 14.6. The third-order valence-corrected chi connectivity index (χ3v) is 6.48. The van der Waals surface area contributed by atoms with E-state index in [0.717, 1.165) is 26.7 Å². The lowest BCUT2D eigenvalue weighted by atomic mass is 10.0. The molecule has 176 valence electrons. The SMILES string of the molecule is COc1cc2ncnc(Nc3nc4ccc(-c5cc(C(N)=O)ccc5OC)cc4s3)c2cc1OC. The van der Waals surface area contributed by atoms with Crippen LogP contribution in [0.3, 0.4) is 0 Å². The molecule has 10 heteroatoms. The van der Waals surface area contributed by atoms with Gasteiger partial charge in [0.05, 0.1) is 37.1 Å². The minimum Gasteiger partial charge on any atom is -0.496 e. The highest BCUT2D eigenvalue weighted by Gasteiger charge is 2.15.